The minimum atomic E-state index is -0.199. The van der Waals surface area contributed by atoms with Crippen molar-refractivity contribution < 1.29 is 9.53 Å². The van der Waals surface area contributed by atoms with Crippen LogP contribution < -0.4 is 15.4 Å². The number of piperidine rings is 1. The highest BCUT2D eigenvalue weighted by atomic mass is 35.5. The van der Waals surface area contributed by atoms with E-state index in [1.54, 1.807) is 36.5 Å². The molecular weight excluding hydrogens is 420 g/mol. The number of benzene rings is 1. The van der Waals surface area contributed by atoms with Crippen molar-refractivity contribution in [3.63, 3.8) is 0 Å². The number of nitrogens with zero attached hydrogens (tertiary/aromatic N) is 1. The molecule has 1 aromatic heterocycles. The van der Waals surface area contributed by atoms with Crippen LogP contribution in [0.15, 0.2) is 36.5 Å². The third-order valence-electron chi connectivity index (χ3n) is 3.79. The van der Waals surface area contributed by atoms with Crippen LogP contribution in [0.25, 0.3) is 0 Å². The molecule has 2 heterocycles. The van der Waals surface area contributed by atoms with Gasteiger partial charge in [-0.25, -0.2) is 4.98 Å². The summed E-state index contributed by atoms with van der Waals surface area (Å²) in [5.41, 5.74) is 0.377. The zero-order valence-corrected chi connectivity index (χ0v) is 16.9. The van der Waals surface area contributed by atoms with Crippen molar-refractivity contribution in [3.8, 4) is 11.6 Å². The molecule has 1 aromatic carbocycles. The summed E-state index contributed by atoms with van der Waals surface area (Å²) in [6.07, 6.45) is 3.39. The van der Waals surface area contributed by atoms with E-state index in [1.807, 2.05) is 0 Å². The van der Waals surface area contributed by atoms with Crippen LogP contribution in [0.4, 0.5) is 0 Å². The highest BCUT2D eigenvalue weighted by molar-refractivity contribution is 6.35. The van der Waals surface area contributed by atoms with Crippen LogP contribution in [0.2, 0.25) is 10.0 Å². The molecule has 142 valence electrons. The molecule has 0 radical (unpaired) electrons. The van der Waals surface area contributed by atoms with Crippen LogP contribution in [-0.2, 0) is 0 Å². The zero-order valence-electron chi connectivity index (χ0n) is 13.7. The third kappa shape index (κ3) is 5.89. The minimum absolute atomic E-state index is 0. The number of amides is 1. The van der Waals surface area contributed by atoms with Gasteiger partial charge in [0.05, 0.1) is 5.02 Å². The van der Waals surface area contributed by atoms with Crippen molar-refractivity contribution >= 4 is 53.9 Å². The van der Waals surface area contributed by atoms with Crippen molar-refractivity contribution in [3.05, 3.63) is 52.1 Å². The van der Waals surface area contributed by atoms with Crippen LogP contribution in [0, 0.1) is 0 Å². The van der Waals surface area contributed by atoms with Crippen molar-refractivity contribution in [2.24, 2.45) is 0 Å². The Bertz CT molecular complexity index is 740. The number of rotatable bonds is 4. The van der Waals surface area contributed by atoms with Gasteiger partial charge >= 0.3 is 0 Å². The fourth-order valence-corrected chi connectivity index (χ4v) is 2.98. The molecule has 3 rings (SSSR count). The second-order valence-electron chi connectivity index (χ2n) is 5.53. The average Bonchev–Trinajstić information content (AvgIpc) is 2.59. The Balaban J connectivity index is 0.00000169. The monoisotopic (exact) mass is 437 g/mol. The first-order chi connectivity index (χ1) is 11.6. The summed E-state index contributed by atoms with van der Waals surface area (Å²) in [6, 6.07) is 8.44. The Morgan fingerprint density at radius 3 is 2.62 bits per heavy atom. The first kappa shape index (κ1) is 22.8. The lowest BCUT2D eigenvalue weighted by Gasteiger charge is -2.24. The van der Waals surface area contributed by atoms with E-state index < -0.39 is 0 Å². The van der Waals surface area contributed by atoms with Crippen molar-refractivity contribution in [2.75, 3.05) is 13.1 Å². The number of pyridine rings is 1. The molecule has 1 aliphatic rings. The lowest BCUT2D eigenvalue weighted by Crippen LogP contribution is -2.42. The molecule has 9 heteroatoms. The quantitative estimate of drug-likeness (QED) is 0.737. The SMILES string of the molecule is Cl.Cl.O=C(NC1CCNCC1)c1cccnc1Oc1ccc(Cl)cc1Cl. The molecule has 26 heavy (non-hydrogen) atoms. The summed E-state index contributed by atoms with van der Waals surface area (Å²) in [4.78, 5) is 16.7. The molecule has 2 aromatic rings. The lowest BCUT2D eigenvalue weighted by molar-refractivity contribution is 0.0926. The van der Waals surface area contributed by atoms with Gasteiger partial charge in [0.2, 0.25) is 5.88 Å². The fourth-order valence-electron chi connectivity index (χ4n) is 2.54. The number of carbonyl (C=O) groups excluding carboxylic acids is 1. The van der Waals surface area contributed by atoms with Crippen LogP contribution in [0.1, 0.15) is 23.2 Å². The smallest absolute Gasteiger partial charge is 0.257 e. The highest BCUT2D eigenvalue weighted by Gasteiger charge is 2.20. The summed E-state index contributed by atoms with van der Waals surface area (Å²) >= 11 is 12.0. The zero-order chi connectivity index (χ0) is 16.9. The van der Waals surface area contributed by atoms with Gasteiger partial charge in [0, 0.05) is 17.3 Å². The van der Waals surface area contributed by atoms with E-state index >= 15 is 0 Å². The summed E-state index contributed by atoms with van der Waals surface area (Å²) in [5.74, 6) is 0.416. The molecule has 0 unspecified atom stereocenters. The van der Waals surface area contributed by atoms with Gasteiger partial charge in [-0.2, -0.15) is 0 Å². The molecule has 0 bridgehead atoms. The number of ether oxygens (including phenoxy) is 1. The Morgan fingerprint density at radius 2 is 1.92 bits per heavy atom. The summed E-state index contributed by atoms with van der Waals surface area (Å²) in [6.45, 7) is 1.81. The first-order valence-corrected chi connectivity index (χ1v) is 8.48. The predicted molar refractivity (Wildman–Crippen MR) is 109 cm³/mol. The van der Waals surface area contributed by atoms with E-state index in [4.69, 9.17) is 27.9 Å². The molecule has 0 atom stereocenters. The number of nitrogens with one attached hydrogen (secondary N) is 2. The van der Waals surface area contributed by atoms with Gasteiger partial charge in [0.1, 0.15) is 11.3 Å². The van der Waals surface area contributed by atoms with Crippen LogP contribution in [0.5, 0.6) is 11.6 Å². The number of carbonyl (C=O) groups is 1. The van der Waals surface area contributed by atoms with Gasteiger partial charge in [0.25, 0.3) is 5.91 Å². The number of halogens is 4. The second-order valence-corrected chi connectivity index (χ2v) is 6.37. The predicted octanol–water partition coefficient (Wildman–Crippen LogP) is 4.51. The van der Waals surface area contributed by atoms with Gasteiger partial charge < -0.3 is 15.4 Å². The molecule has 1 saturated heterocycles. The van der Waals surface area contributed by atoms with E-state index in [9.17, 15) is 4.79 Å². The third-order valence-corrected chi connectivity index (χ3v) is 4.32. The minimum Gasteiger partial charge on any atom is -0.437 e. The number of hydrogen-bond donors (Lipinski definition) is 2. The van der Waals surface area contributed by atoms with Gasteiger partial charge in [-0.3, -0.25) is 4.79 Å². The van der Waals surface area contributed by atoms with E-state index in [2.05, 4.69) is 15.6 Å². The molecule has 0 saturated carbocycles. The van der Waals surface area contributed by atoms with Gasteiger partial charge in [0.15, 0.2) is 0 Å². The Morgan fingerprint density at radius 1 is 1.19 bits per heavy atom. The Labute approximate surface area is 174 Å². The van der Waals surface area contributed by atoms with E-state index in [-0.39, 0.29) is 42.6 Å². The molecule has 1 fully saturated rings. The van der Waals surface area contributed by atoms with Crippen LogP contribution in [0.3, 0.4) is 0 Å². The summed E-state index contributed by atoms with van der Waals surface area (Å²) in [7, 11) is 0. The molecular formula is C17H19Cl4N3O2. The van der Waals surface area contributed by atoms with Gasteiger partial charge in [-0.1, -0.05) is 23.2 Å². The average molecular weight is 439 g/mol. The van der Waals surface area contributed by atoms with E-state index in [0.29, 0.717) is 21.4 Å². The molecule has 1 aliphatic heterocycles. The normalized spacial score (nSPS) is 13.9. The van der Waals surface area contributed by atoms with Crippen molar-refractivity contribution in [1.29, 1.82) is 0 Å². The molecule has 0 spiro atoms. The van der Waals surface area contributed by atoms with E-state index in [0.717, 1.165) is 25.9 Å². The topological polar surface area (TPSA) is 63.2 Å². The Kier molecular flexibility index (Phi) is 9.47. The molecule has 5 nitrogen and oxygen atoms in total. The van der Waals surface area contributed by atoms with Crippen LogP contribution in [-0.4, -0.2) is 30.0 Å². The Hall–Kier alpha value is -1.24. The fraction of sp³-hybridized carbons (Fsp3) is 0.294. The van der Waals surface area contributed by atoms with Crippen molar-refractivity contribution in [1.82, 2.24) is 15.6 Å². The second kappa shape index (κ2) is 10.8. The number of aromatic nitrogens is 1. The molecule has 1 amide bonds. The van der Waals surface area contributed by atoms with Gasteiger partial charge in [-0.05, 0) is 56.3 Å². The highest BCUT2D eigenvalue weighted by Crippen LogP contribution is 2.32. The first-order valence-electron chi connectivity index (χ1n) is 7.73. The largest absolute Gasteiger partial charge is 0.437 e. The lowest BCUT2D eigenvalue weighted by atomic mass is 10.1. The summed E-state index contributed by atoms with van der Waals surface area (Å²) < 4.78 is 5.73. The van der Waals surface area contributed by atoms with Gasteiger partial charge in [-0.15, -0.1) is 24.8 Å². The van der Waals surface area contributed by atoms with Crippen LogP contribution >= 0.6 is 48.0 Å². The summed E-state index contributed by atoms with van der Waals surface area (Å²) in [5, 5.41) is 7.17. The maximum atomic E-state index is 12.6. The van der Waals surface area contributed by atoms with Crippen molar-refractivity contribution in [2.45, 2.75) is 18.9 Å². The maximum Gasteiger partial charge on any atom is 0.257 e. The molecule has 2 N–H and O–H groups in total. The number of hydrogen-bond acceptors (Lipinski definition) is 4. The maximum absolute atomic E-state index is 12.6. The van der Waals surface area contributed by atoms with E-state index in [1.165, 1.54) is 0 Å². The standard InChI is InChI=1S/C17H17Cl2N3O2.2ClH/c18-11-3-4-15(14(19)10-11)24-17-13(2-1-7-21-17)16(23)22-12-5-8-20-9-6-12;;/h1-4,7,10,12,20H,5-6,8-9H2,(H,22,23);2*1H. The molecule has 0 aliphatic carbocycles.